The average Bonchev–Trinajstić information content (AvgIpc) is 2.74. The number of hydrogen-bond acceptors (Lipinski definition) is 2. The van der Waals surface area contributed by atoms with Gasteiger partial charge in [0.15, 0.2) is 0 Å². The van der Waals surface area contributed by atoms with Crippen LogP contribution in [0.5, 0.6) is 0 Å². The van der Waals surface area contributed by atoms with E-state index >= 15 is 0 Å². The molecule has 0 heterocycles. The van der Waals surface area contributed by atoms with Crippen LogP contribution in [0.3, 0.4) is 0 Å². The molecule has 0 saturated heterocycles. The van der Waals surface area contributed by atoms with Crippen LogP contribution in [0.2, 0.25) is 0 Å². The number of esters is 1. The molecule has 1 saturated carbocycles. The summed E-state index contributed by atoms with van der Waals surface area (Å²) >= 11 is 0. The van der Waals surface area contributed by atoms with Gasteiger partial charge in [-0.05, 0) is 31.6 Å². The monoisotopic (exact) mass is 180 g/mol. The molecule has 2 rings (SSSR count). The maximum absolute atomic E-state index is 11.7. The topological polar surface area (TPSA) is 26.3 Å². The molecule has 0 radical (unpaired) electrons. The molecule has 2 aliphatic rings. The molecule has 2 heteroatoms. The van der Waals surface area contributed by atoms with E-state index in [9.17, 15) is 4.79 Å². The van der Waals surface area contributed by atoms with E-state index in [-0.39, 0.29) is 11.4 Å². The van der Waals surface area contributed by atoms with Gasteiger partial charge in [0.05, 0.1) is 12.0 Å². The Bertz CT molecular complexity index is 244. The van der Waals surface area contributed by atoms with Crippen molar-refractivity contribution >= 4 is 5.97 Å². The smallest absolute Gasteiger partial charge is 0.315 e. The van der Waals surface area contributed by atoms with Crippen LogP contribution in [0, 0.1) is 11.3 Å². The zero-order valence-electron chi connectivity index (χ0n) is 8.08. The van der Waals surface area contributed by atoms with Gasteiger partial charge in [0.2, 0.25) is 0 Å². The van der Waals surface area contributed by atoms with E-state index in [1.54, 1.807) is 0 Å². The molecule has 2 unspecified atom stereocenters. The highest BCUT2D eigenvalue weighted by molar-refractivity contribution is 5.80. The molecule has 0 aliphatic heterocycles. The lowest BCUT2D eigenvalue weighted by atomic mass is 9.88. The second-order valence-electron chi connectivity index (χ2n) is 4.15. The molecule has 0 N–H and O–H groups in total. The molecular weight excluding hydrogens is 164 g/mol. The van der Waals surface area contributed by atoms with Crippen molar-refractivity contribution in [1.29, 1.82) is 0 Å². The summed E-state index contributed by atoms with van der Waals surface area (Å²) in [6.45, 7) is 2.59. The zero-order valence-corrected chi connectivity index (χ0v) is 8.08. The highest BCUT2D eigenvalue weighted by Crippen LogP contribution is 2.49. The average molecular weight is 180 g/mol. The van der Waals surface area contributed by atoms with Crippen molar-refractivity contribution in [3.8, 4) is 0 Å². The Hall–Kier alpha value is -0.790. The highest BCUT2D eigenvalue weighted by Gasteiger charge is 2.47. The fourth-order valence-electron chi connectivity index (χ4n) is 2.34. The highest BCUT2D eigenvalue weighted by atomic mass is 16.5. The van der Waals surface area contributed by atoms with E-state index in [2.05, 4.69) is 12.2 Å². The van der Waals surface area contributed by atoms with Crippen molar-refractivity contribution in [2.24, 2.45) is 11.3 Å². The minimum atomic E-state index is -0.222. The Kier molecular flexibility index (Phi) is 2.14. The molecular formula is C11H16O2. The summed E-state index contributed by atoms with van der Waals surface area (Å²) in [5.74, 6) is 0.653. The first-order chi connectivity index (χ1) is 6.27. The molecule has 0 aromatic carbocycles. The third-order valence-electron chi connectivity index (χ3n) is 3.12. The van der Waals surface area contributed by atoms with E-state index in [1.807, 2.05) is 6.92 Å². The number of rotatable bonds is 3. The van der Waals surface area contributed by atoms with E-state index in [1.165, 1.54) is 0 Å². The Morgan fingerprint density at radius 1 is 1.69 bits per heavy atom. The van der Waals surface area contributed by atoms with Gasteiger partial charge in [-0.15, -0.1) is 0 Å². The van der Waals surface area contributed by atoms with E-state index < -0.39 is 0 Å². The van der Waals surface area contributed by atoms with Gasteiger partial charge in [0.1, 0.15) is 0 Å². The second kappa shape index (κ2) is 3.17. The molecule has 13 heavy (non-hydrogen) atoms. The largest absolute Gasteiger partial charge is 0.465 e. The summed E-state index contributed by atoms with van der Waals surface area (Å²) in [5.41, 5.74) is -0.222. The Labute approximate surface area is 79.0 Å². The lowest BCUT2D eigenvalue weighted by Crippen LogP contribution is -2.27. The number of carbonyl (C=O) groups excluding carboxylic acids is 1. The van der Waals surface area contributed by atoms with E-state index in [0.29, 0.717) is 12.5 Å². The number of hydrogen-bond donors (Lipinski definition) is 0. The van der Waals surface area contributed by atoms with E-state index in [4.69, 9.17) is 4.74 Å². The normalized spacial score (nSPS) is 35.3. The third kappa shape index (κ3) is 1.38. The van der Waals surface area contributed by atoms with Crippen molar-refractivity contribution in [2.45, 2.75) is 32.6 Å². The first-order valence-electron chi connectivity index (χ1n) is 5.13. The molecule has 2 aliphatic carbocycles. The van der Waals surface area contributed by atoms with Gasteiger partial charge in [0, 0.05) is 0 Å². The van der Waals surface area contributed by atoms with E-state index in [0.717, 1.165) is 25.7 Å². The van der Waals surface area contributed by atoms with Gasteiger partial charge in [-0.1, -0.05) is 19.1 Å². The Balaban J connectivity index is 1.99. The van der Waals surface area contributed by atoms with Crippen molar-refractivity contribution in [2.75, 3.05) is 6.61 Å². The molecule has 2 bridgehead atoms. The summed E-state index contributed by atoms with van der Waals surface area (Å²) in [5, 5.41) is 0. The first kappa shape index (κ1) is 8.79. The number of ether oxygens (including phenoxy) is 1. The van der Waals surface area contributed by atoms with Crippen LogP contribution in [0.1, 0.15) is 32.6 Å². The molecule has 1 fully saturated rings. The molecule has 0 aromatic heterocycles. The third-order valence-corrected chi connectivity index (χ3v) is 3.12. The molecule has 2 atom stereocenters. The standard InChI is InChI=1S/C11H16O2/c1-2-7-13-10(12)11-5-3-9(8-11)4-6-11/h3,5,9H,2,4,6-8H2,1H3. The van der Waals surface area contributed by atoms with Gasteiger partial charge in [-0.25, -0.2) is 0 Å². The molecule has 0 amide bonds. The molecule has 72 valence electrons. The zero-order chi connectivity index (χ0) is 9.31. The van der Waals surface area contributed by atoms with Crippen LogP contribution < -0.4 is 0 Å². The lowest BCUT2D eigenvalue weighted by Gasteiger charge is -2.20. The fraction of sp³-hybridized carbons (Fsp3) is 0.727. The number of fused-ring (bicyclic) bond motifs is 2. The van der Waals surface area contributed by atoms with Crippen LogP contribution in [-0.4, -0.2) is 12.6 Å². The predicted molar refractivity (Wildman–Crippen MR) is 50.2 cm³/mol. The van der Waals surface area contributed by atoms with Gasteiger partial charge in [-0.2, -0.15) is 0 Å². The van der Waals surface area contributed by atoms with Gasteiger partial charge < -0.3 is 4.74 Å². The minimum Gasteiger partial charge on any atom is -0.465 e. The summed E-state index contributed by atoms with van der Waals surface area (Å²) in [4.78, 5) is 11.7. The van der Waals surface area contributed by atoms with Crippen LogP contribution in [-0.2, 0) is 9.53 Å². The fourth-order valence-corrected chi connectivity index (χ4v) is 2.34. The number of carbonyl (C=O) groups is 1. The molecule has 0 spiro atoms. The Morgan fingerprint density at radius 3 is 3.00 bits per heavy atom. The summed E-state index contributed by atoms with van der Waals surface area (Å²) in [6, 6.07) is 0. The minimum absolute atomic E-state index is 0.00519. The predicted octanol–water partition coefficient (Wildman–Crippen LogP) is 2.30. The summed E-state index contributed by atoms with van der Waals surface area (Å²) < 4.78 is 5.21. The SMILES string of the molecule is CCCOC(=O)C12C=CC(CC1)C2. The first-order valence-corrected chi connectivity index (χ1v) is 5.13. The summed E-state index contributed by atoms with van der Waals surface area (Å²) in [6.07, 6.45) is 8.31. The van der Waals surface area contributed by atoms with Gasteiger partial charge in [0.25, 0.3) is 0 Å². The van der Waals surface area contributed by atoms with Gasteiger partial charge >= 0.3 is 5.97 Å². The van der Waals surface area contributed by atoms with Crippen molar-refractivity contribution in [3.63, 3.8) is 0 Å². The van der Waals surface area contributed by atoms with Crippen LogP contribution in [0.4, 0.5) is 0 Å². The molecule has 0 aromatic rings. The second-order valence-corrected chi connectivity index (χ2v) is 4.15. The van der Waals surface area contributed by atoms with Crippen molar-refractivity contribution in [3.05, 3.63) is 12.2 Å². The van der Waals surface area contributed by atoms with Crippen molar-refractivity contribution in [1.82, 2.24) is 0 Å². The quantitative estimate of drug-likeness (QED) is 0.492. The van der Waals surface area contributed by atoms with Crippen LogP contribution in [0.25, 0.3) is 0 Å². The summed E-state index contributed by atoms with van der Waals surface area (Å²) in [7, 11) is 0. The molecule has 2 nitrogen and oxygen atoms in total. The number of allylic oxidation sites excluding steroid dienone is 1. The Morgan fingerprint density at radius 2 is 2.54 bits per heavy atom. The maximum Gasteiger partial charge on any atom is 0.315 e. The van der Waals surface area contributed by atoms with Gasteiger partial charge in [-0.3, -0.25) is 4.79 Å². The van der Waals surface area contributed by atoms with Crippen molar-refractivity contribution < 1.29 is 9.53 Å². The van der Waals surface area contributed by atoms with Crippen LogP contribution in [0.15, 0.2) is 12.2 Å². The van der Waals surface area contributed by atoms with Crippen LogP contribution >= 0.6 is 0 Å². The lowest BCUT2D eigenvalue weighted by molar-refractivity contribution is -0.152. The maximum atomic E-state index is 11.7.